The predicted molar refractivity (Wildman–Crippen MR) is 72.8 cm³/mol. The summed E-state index contributed by atoms with van der Waals surface area (Å²) in [5, 5.41) is 21.4. The van der Waals surface area contributed by atoms with Crippen LogP contribution in [0, 0.1) is 11.8 Å². The zero-order valence-electron chi connectivity index (χ0n) is 11.8. The molecule has 118 valence electrons. The zero-order chi connectivity index (χ0) is 15.4. The van der Waals surface area contributed by atoms with Crippen LogP contribution in [0.25, 0.3) is 0 Å². The van der Waals surface area contributed by atoms with Crippen molar-refractivity contribution in [2.45, 2.75) is 6.42 Å². The number of hydrogen-bond donors (Lipinski definition) is 3. The summed E-state index contributed by atoms with van der Waals surface area (Å²) in [5.41, 5.74) is 0. The van der Waals surface area contributed by atoms with Crippen molar-refractivity contribution in [3.05, 3.63) is 0 Å². The van der Waals surface area contributed by atoms with Gasteiger partial charge in [-0.05, 0) is 6.42 Å². The van der Waals surface area contributed by atoms with E-state index < -0.39 is 23.8 Å². The minimum Gasteiger partial charge on any atom is -0.481 e. The lowest BCUT2D eigenvalue weighted by Gasteiger charge is -2.36. The average Bonchev–Trinajstić information content (AvgIpc) is 2.47. The van der Waals surface area contributed by atoms with Crippen molar-refractivity contribution in [3.8, 4) is 0 Å². The first kappa shape index (κ1) is 15.7. The number of amides is 1. The van der Waals surface area contributed by atoms with Crippen LogP contribution in [0.5, 0.6) is 0 Å². The molecule has 8 heteroatoms. The summed E-state index contributed by atoms with van der Waals surface area (Å²) in [7, 11) is 0. The quantitative estimate of drug-likeness (QED) is 0.581. The van der Waals surface area contributed by atoms with Gasteiger partial charge in [0.1, 0.15) is 0 Å². The highest BCUT2D eigenvalue weighted by Gasteiger charge is 2.40. The van der Waals surface area contributed by atoms with Gasteiger partial charge < -0.3 is 20.4 Å². The maximum absolute atomic E-state index is 12.2. The second-order valence-corrected chi connectivity index (χ2v) is 5.54. The highest BCUT2D eigenvalue weighted by molar-refractivity contribution is 5.83. The van der Waals surface area contributed by atoms with Crippen LogP contribution >= 0.6 is 0 Å². The molecule has 2 saturated heterocycles. The van der Waals surface area contributed by atoms with Crippen LogP contribution in [0.1, 0.15) is 6.42 Å². The van der Waals surface area contributed by atoms with Crippen LogP contribution in [0.4, 0.5) is 0 Å². The fourth-order valence-corrected chi connectivity index (χ4v) is 2.88. The molecule has 8 nitrogen and oxygen atoms in total. The van der Waals surface area contributed by atoms with E-state index in [-0.39, 0.29) is 25.4 Å². The van der Waals surface area contributed by atoms with Gasteiger partial charge in [-0.15, -0.1) is 0 Å². The molecule has 2 unspecified atom stereocenters. The Morgan fingerprint density at radius 2 is 1.62 bits per heavy atom. The van der Waals surface area contributed by atoms with Crippen LogP contribution in [0.15, 0.2) is 0 Å². The fraction of sp³-hybridized carbons (Fsp3) is 0.769. The summed E-state index contributed by atoms with van der Waals surface area (Å²) in [5.74, 6) is -4.31. The average molecular weight is 299 g/mol. The van der Waals surface area contributed by atoms with E-state index in [0.29, 0.717) is 6.54 Å². The molecule has 0 aliphatic carbocycles. The largest absolute Gasteiger partial charge is 0.481 e. The summed E-state index contributed by atoms with van der Waals surface area (Å²) in [6.07, 6.45) is 0.194. The second kappa shape index (κ2) is 6.86. The number of carbonyl (C=O) groups is 3. The first-order chi connectivity index (χ1) is 9.99. The highest BCUT2D eigenvalue weighted by Crippen LogP contribution is 2.24. The fourth-order valence-electron chi connectivity index (χ4n) is 2.88. The molecule has 0 bridgehead atoms. The zero-order valence-corrected chi connectivity index (χ0v) is 11.8. The van der Waals surface area contributed by atoms with Gasteiger partial charge in [-0.2, -0.15) is 0 Å². The van der Waals surface area contributed by atoms with Gasteiger partial charge in [0, 0.05) is 39.3 Å². The number of carboxylic acids is 2. The Morgan fingerprint density at radius 1 is 1.00 bits per heavy atom. The Bertz CT molecular complexity index is 422. The van der Waals surface area contributed by atoms with Gasteiger partial charge in [0.25, 0.3) is 0 Å². The smallest absolute Gasteiger partial charge is 0.309 e. The molecule has 0 aromatic rings. The first-order valence-corrected chi connectivity index (χ1v) is 7.15. The normalized spacial score (nSPS) is 27.3. The molecule has 2 aliphatic rings. The minimum atomic E-state index is -1.15. The van der Waals surface area contributed by atoms with E-state index >= 15 is 0 Å². The molecule has 0 aromatic heterocycles. The number of likely N-dealkylation sites (tertiary alicyclic amines) is 1. The lowest BCUT2D eigenvalue weighted by atomic mass is 9.85. The standard InChI is InChI=1S/C13H21N3O5/c17-11(8-15-5-2-14-3-6-15)16-4-1-9(12(18)19)10(7-16)13(20)21/h9-10,14H,1-8H2,(H,18,19)(H,20,21). The molecule has 2 atom stereocenters. The number of hydrogen-bond acceptors (Lipinski definition) is 5. The van der Waals surface area contributed by atoms with Crippen LogP contribution < -0.4 is 5.32 Å². The van der Waals surface area contributed by atoms with Gasteiger partial charge in [0.05, 0.1) is 18.4 Å². The van der Waals surface area contributed by atoms with E-state index in [4.69, 9.17) is 10.2 Å². The Hall–Kier alpha value is -1.67. The van der Waals surface area contributed by atoms with Crippen LogP contribution in [0.3, 0.4) is 0 Å². The van der Waals surface area contributed by atoms with Gasteiger partial charge in [0.2, 0.25) is 5.91 Å². The number of carboxylic acid groups (broad SMARTS) is 2. The Balaban J connectivity index is 1.93. The maximum atomic E-state index is 12.2. The molecule has 2 rings (SSSR count). The molecule has 3 N–H and O–H groups in total. The highest BCUT2D eigenvalue weighted by atomic mass is 16.4. The summed E-state index contributed by atoms with van der Waals surface area (Å²) in [6, 6.07) is 0. The van der Waals surface area contributed by atoms with Crippen molar-refractivity contribution in [1.29, 1.82) is 0 Å². The summed E-state index contributed by atoms with van der Waals surface area (Å²) >= 11 is 0. The number of carbonyl (C=O) groups excluding carboxylic acids is 1. The number of rotatable bonds is 4. The van der Waals surface area contributed by atoms with Crippen molar-refractivity contribution in [3.63, 3.8) is 0 Å². The maximum Gasteiger partial charge on any atom is 0.309 e. The molecule has 0 saturated carbocycles. The minimum absolute atomic E-state index is 0.0166. The van der Waals surface area contributed by atoms with Gasteiger partial charge in [-0.1, -0.05) is 0 Å². The van der Waals surface area contributed by atoms with E-state index in [1.807, 2.05) is 4.90 Å². The van der Waals surface area contributed by atoms with Gasteiger partial charge >= 0.3 is 11.9 Å². The van der Waals surface area contributed by atoms with E-state index in [9.17, 15) is 14.4 Å². The van der Waals surface area contributed by atoms with Crippen LogP contribution in [-0.4, -0.2) is 83.7 Å². The second-order valence-electron chi connectivity index (χ2n) is 5.54. The molecule has 0 spiro atoms. The number of nitrogens with zero attached hydrogens (tertiary/aromatic N) is 2. The lowest BCUT2D eigenvalue weighted by molar-refractivity contribution is -0.159. The number of nitrogens with one attached hydrogen (secondary N) is 1. The summed E-state index contributed by atoms with van der Waals surface area (Å²) in [4.78, 5) is 38.0. The number of aliphatic carboxylic acids is 2. The molecular formula is C13H21N3O5. The first-order valence-electron chi connectivity index (χ1n) is 7.15. The van der Waals surface area contributed by atoms with Crippen molar-refractivity contribution < 1.29 is 24.6 Å². The summed E-state index contributed by atoms with van der Waals surface area (Å²) < 4.78 is 0. The summed E-state index contributed by atoms with van der Waals surface area (Å²) in [6.45, 7) is 3.83. The Morgan fingerprint density at radius 3 is 2.19 bits per heavy atom. The van der Waals surface area contributed by atoms with Crippen LogP contribution in [0.2, 0.25) is 0 Å². The Kier molecular flexibility index (Phi) is 5.13. The molecule has 1 amide bonds. The van der Waals surface area contributed by atoms with Crippen molar-refractivity contribution in [2.75, 3.05) is 45.8 Å². The Labute approximate surface area is 122 Å². The monoisotopic (exact) mass is 299 g/mol. The number of piperidine rings is 1. The lowest BCUT2D eigenvalue weighted by Crippen LogP contribution is -2.53. The third kappa shape index (κ3) is 3.92. The van der Waals surface area contributed by atoms with E-state index in [1.54, 1.807) is 0 Å². The predicted octanol–water partition coefficient (Wildman–Crippen LogP) is -1.47. The van der Waals surface area contributed by atoms with Crippen molar-refractivity contribution in [1.82, 2.24) is 15.1 Å². The van der Waals surface area contributed by atoms with E-state index in [1.165, 1.54) is 4.90 Å². The van der Waals surface area contributed by atoms with Gasteiger partial charge in [-0.3, -0.25) is 19.3 Å². The molecule has 2 aliphatic heterocycles. The van der Waals surface area contributed by atoms with E-state index in [0.717, 1.165) is 26.2 Å². The third-order valence-electron chi connectivity index (χ3n) is 4.17. The SMILES string of the molecule is O=C(O)C1CCN(C(=O)CN2CCNCC2)CC1C(=O)O. The molecule has 0 aromatic carbocycles. The number of piperazine rings is 1. The van der Waals surface area contributed by atoms with Crippen molar-refractivity contribution >= 4 is 17.8 Å². The van der Waals surface area contributed by atoms with Crippen molar-refractivity contribution in [2.24, 2.45) is 11.8 Å². The third-order valence-corrected chi connectivity index (χ3v) is 4.17. The van der Waals surface area contributed by atoms with Crippen LogP contribution in [-0.2, 0) is 14.4 Å². The molecule has 21 heavy (non-hydrogen) atoms. The topological polar surface area (TPSA) is 110 Å². The van der Waals surface area contributed by atoms with Gasteiger partial charge in [-0.25, -0.2) is 0 Å². The molecule has 0 radical (unpaired) electrons. The van der Waals surface area contributed by atoms with Gasteiger partial charge in [0.15, 0.2) is 0 Å². The molecule has 2 fully saturated rings. The molecule has 2 heterocycles. The van der Waals surface area contributed by atoms with E-state index in [2.05, 4.69) is 5.32 Å². The molecular weight excluding hydrogens is 278 g/mol.